The molecule has 8 heteroatoms. The molecule has 1 fully saturated rings. The van der Waals surface area contributed by atoms with Crippen LogP contribution in [-0.2, 0) is 6.54 Å². The van der Waals surface area contributed by atoms with Crippen LogP contribution < -0.4 is 5.32 Å². The van der Waals surface area contributed by atoms with Gasteiger partial charge in [-0.15, -0.1) is 0 Å². The van der Waals surface area contributed by atoms with Crippen molar-refractivity contribution in [2.24, 2.45) is 0 Å². The number of rotatable bonds is 5. The van der Waals surface area contributed by atoms with Crippen LogP contribution >= 0.6 is 11.6 Å². The van der Waals surface area contributed by atoms with Crippen molar-refractivity contribution in [3.63, 3.8) is 0 Å². The summed E-state index contributed by atoms with van der Waals surface area (Å²) >= 11 is 5.70. The van der Waals surface area contributed by atoms with Crippen molar-refractivity contribution in [2.75, 3.05) is 19.6 Å². The van der Waals surface area contributed by atoms with Crippen LogP contribution in [0, 0.1) is 12.7 Å². The molecule has 5 nitrogen and oxygen atoms in total. The van der Waals surface area contributed by atoms with Crippen molar-refractivity contribution in [3.05, 3.63) is 58.4 Å². The maximum absolute atomic E-state index is 15.8. The summed E-state index contributed by atoms with van der Waals surface area (Å²) in [5, 5.41) is 2.12. The Hall–Kier alpha value is -2.12. The zero-order chi connectivity index (χ0) is 23.0. The van der Waals surface area contributed by atoms with E-state index >= 15 is 4.39 Å². The third kappa shape index (κ3) is 4.99. The summed E-state index contributed by atoms with van der Waals surface area (Å²) in [5.74, 6) is -1.11. The van der Waals surface area contributed by atoms with Crippen LogP contribution in [0.2, 0.25) is 5.02 Å². The van der Waals surface area contributed by atoms with E-state index in [1.165, 1.54) is 18.5 Å². The Bertz CT molecular complexity index is 980. The Morgan fingerprint density at radius 3 is 2.85 bits per heavy atom. The van der Waals surface area contributed by atoms with Crippen LogP contribution in [0.3, 0.4) is 0 Å². The Labute approximate surface area is 167 Å². The highest BCUT2D eigenvalue weighted by atomic mass is 35.5. The van der Waals surface area contributed by atoms with E-state index in [0.29, 0.717) is 0 Å². The summed E-state index contributed by atoms with van der Waals surface area (Å²) in [4.78, 5) is 21.8. The minimum Gasteiger partial charge on any atom is -0.338 e. The standard InChI is InChI=1S/C19H21ClF2N4O/c1-13-9-24-17(25-10-13)11-23-12-19(22)4-6-26(7-5-19)18(27)14-2-3-16(21)15(20)8-14/h2-3,8-10,23H,4-7,11-12H2,1H3/i4D2,12D2. The van der Waals surface area contributed by atoms with Crippen molar-refractivity contribution < 1.29 is 19.1 Å². The second-order valence-corrected chi connectivity index (χ2v) is 6.65. The number of carbonyl (C=O) groups is 1. The molecule has 144 valence electrons. The number of piperidine rings is 1. The Morgan fingerprint density at radius 2 is 2.19 bits per heavy atom. The first-order chi connectivity index (χ1) is 14.4. The SMILES string of the molecule is [2H]C1([2H])CN(C(=O)c2ccc(F)c(Cl)c2)CCC1(F)C([2H])([2H])NCc1ncc(C)cn1. The summed E-state index contributed by atoms with van der Waals surface area (Å²) in [7, 11) is 0. The lowest BCUT2D eigenvalue weighted by Gasteiger charge is -2.36. The van der Waals surface area contributed by atoms with Gasteiger partial charge in [-0.2, -0.15) is 0 Å². The number of halogens is 3. The molecule has 1 unspecified atom stereocenters. The fraction of sp³-hybridized carbons (Fsp3) is 0.421. The van der Waals surface area contributed by atoms with E-state index in [-0.39, 0.29) is 29.5 Å². The number of carbonyl (C=O) groups excluding carboxylic acids is 1. The van der Waals surface area contributed by atoms with E-state index in [1.54, 1.807) is 6.92 Å². The van der Waals surface area contributed by atoms with Crippen LogP contribution in [0.25, 0.3) is 0 Å². The molecule has 1 N–H and O–H groups in total. The maximum atomic E-state index is 15.8. The van der Waals surface area contributed by atoms with Gasteiger partial charge in [0.15, 0.2) is 0 Å². The van der Waals surface area contributed by atoms with Gasteiger partial charge in [0.05, 0.1) is 11.6 Å². The number of hydrogen-bond acceptors (Lipinski definition) is 4. The Balaban J connectivity index is 1.74. The summed E-state index contributed by atoms with van der Waals surface area (Å²) in [6.45, 7) is -2.09. The predicted molar refractivity (Wildman–Crippen MR) is 98.9 cm³/mol. The van der Waals surface area contributed by atoms with E-state index in [4.69, 9.17) is 17.1 Å². The van der Waals surface area contributed by atoms with E-state index in [0.717, 1.165) is 22.6 Å². The van der Waals surface area contributed by atoms with Crippen molar-refractivity contribution in [3.8, 4) is 0 Å². The van der Waals surface area contributed by atoms with Crippen LogP contribution in [0.4, 0.5) is 8.78 Å². The van der Waals surface area contributed by atoms with Crippen molar-refractivity contribution >= 4 is 17.5 Å². The van der Waals surface area contributed by atoms with E-state index < -0.39 is 43.2 Å². The molecule has 1 atom stereocenters. The molecule has 3 rings (SSSR count). The molecule has 0 spiro atoms. The topological polar surface area (TPSA) is 58.1 Å². The zero-order valence-corrected chi connectivity index (χ0v) is 15.4. The lowest BCUT2D eigenvalue weighted by Crippen LogP contribution is -2.48. The summed E-state index contributed by atoms with van der Waals surface area (Å²) in [6, 6.07) is 3.34. The molecular weight excluding hydrogens is 374 g/mol. The molecule has 0 bridgehead atoms. The number of likely N-dealkylation sites (tertiary alicyclic amines) is 1. The number of benzene rings is 1. The Kier molecular flexibility index (Phi) is 4.56. The van der Waals surface area contributed by atoms with Gasteiger partial charge in [0.25, 0.3) is 5.91 Å². The van der Waals surface area contributed by atoms with Crippen LogP contribution in [0.15, 0.2) is 30.6 Å². The number of alkyl halides is 1. The van der Waals surface area contributed by atoms with Gasteiger partial charge >= 0.3 is 0 Å². The molecule has 1 amide bonds. The predicted octanol–water partition coefficient (Wildman–Crippen LogP) is 3.31. The fourth-order valence-electron chi connectivity index (χ4n) is 2.54. The lowest BCUT2D eigenvalue weighted by atomic mass is 9.92. The average Bonchev–Trinajstić information content (AvgIpc) is 2.71. The molecule has 2 heterocycles. The second-order valence-electron chi connectivity index (χ2n) is 6.24. The fourth-order valence-corrected chi connectivity index (χ4v) is 2.72. The van der Waals surface area contributed by atoms with Gasteiger partial charge in [-0.25, -0.2) is 18.7 Å². The maximum Gasteiger partial charge on any atom is 0.253 e. The number of aromatic nitrogens is 2. The normalized spacial score (nSPS) is 24.5. The molecule has 0 radical (unpaired) electrons. The quantitative estimate of drug-likeness (QED) is 0.839. The molecule has 0 aliphatic carbocycles. The number of aryl methyl sites for hydroxylation is 1. The van der Waals surface area contributed by atoms with Crippen LogP contribution in [0.1, 0.15) is 40.0 Å². The molecule has 0 saturated carbocycles. The summed E-state index contributed by atoms with van der Waals surface area (Å²) in [5.41, 5.74) is -2.09. The van der Waals surface area contributed by atoms with Gasteiger partial charge in [-0.3, -0.25) is 4.79 Å². The number of hydrogen-bond donors (Lipinski definition) is 1. The number of amides is 1. The average molecular weight is 399 g/mol. The third-order valence-electron chi connectivity index (χ3n) is 4.10. The lowest BCUT2D eigenvalue weighted by molar-refractivity contribution is 0.0434. The van der Waals surface area contributed by atoms with Crippen LogP contribution in [0.5, 0.6) is 0 Å². The highest BCUT2D eigenvalue weighted by molar-refractivity contribution is 6.31. The van der Waals surface area contributed by atoms with Gasteiger partial charge in [0, 0.05) is 55.8 Å². The second kappa shape index (κ2) is 8.27. The van der Waals surface area contributed by atoms with Gasteiger partial charge in [-0.05, 0) is 30.7 Å². The van der Waals surface area contributed by atoms with Crippen molar-refractivity contribution in [1.29, 1.82) is 0 Å². The summed E-state index contributed by atoms with van der Waals surface area (Å²) < 4.78 is 61.9. The zero-order valence-electron chi connectivity index (χ0n) is 18.6. The van der Waals surface area contributed by atoms with E-state index in [2.05, 4.69) is 15.3 Å². The van der Waals surface area contributed by atoms with Gasteiger partial charge in [-0.1, -0.05) is 11.6 Å². The molecule has 27 heavy (non-hydrogen) atoms. The molecule has 1 aliphatic heterocycles. The molecule has 1 saturated heterocycles. The number of nitrogens with one attached hydrogen (secondary N) is 1. The van der Waals surface area contributed by atoms with E-state index in [9.17, 15) is 9.18 Å². The summed E-state index contributed by atoms with van der Waals surface area (Å²) in [6.07, 6.45) is -0.226. The molecule has 1 aromatic carbocycles. The highest BCUT2D eigenvalue weighted by Gasteiger charge is 2.36. The van der Waals surface area contributed by atoms with Crippen LogP contribution in [-0.4, -0.2) is 46.0 Å². The van der Waals surface area contributed by atoms with Crippen molar-refractivity contribution in [2.45, 2.75) is 31.9 Å². The third-order valence-corrected chi connectivity index (χ3v) is 4.39. The van der Waals surface area contributed by atoms with Gasteiger partial charge < -0.3 is 10.2 Å². The Morgan fingerprint density at radius 1 is 1.44 bits per heavy atom. The van der Waals surface area contributed by atoms with Gasteiger partial charge in [0.1, 0.15) is 17.3 Å². The minimum atomic E-state index is -2.93. The molecular formula is C19H21ClF2N4O. The monoisotopic (exact) mass is 398 g/mol. The van der Waals surface area contributed by atoms with Gasteiger partial charge in [0.2, 0.25) is 0 Å². The first kappa shape index (κ1) is 14.9. The minimum absolute atomic E-state index is 0.0335. The highest BCUT2D eigenvalue weighted by Crippen LogP contribution is 2.27. The molecule has 1 aromatic heterocycles. The molecule has 1 aliphatic rings. The van der Waals surface area contributed by atoms with E-state index in [1.807, 2.05) is 0 Å². The molecule has 2 aromatic rings. The van der Waals surface area contributed by atoms with Crippen molar-refractivity contribution in [1.82, 2.24) is 20.2 Å². The first-order valence-corrected chi connectivity index (χ1v) is 8.70. The smallest absolute Gasteiger partial charge is 0.253 e. The first-order valence-electron chi connectivity index (χ1n) is 10.3. The largest absolute Gasteiger partial charge is 0.338 e. The number of nitrogens with zero attached hydrogens (tertiary/aromatic N) is 3.